The molecular formula is C17H18N2OS. The number of carbonyl (C=O) groups is 1. The molecule has 1 aliphatic rings. The van der Waals surface area contributed by atoms with Gasteiger partial charge in [0, 0.05) is 16.3 Å². The summed E-state index contributed by atoms with van der Waals surface area (Å²) >= 11 is 1.85. The van der Waals surface area contributed by atoms with Crippen molar-refractivity contribution >= 4 is 23.5 Å². The van der Waals surface area contributed by atoms with Gasteiger partial charge in [0.25, 0.3) is 0 Å². The van der Waals surface area contributed by atoms with Crippen molar-refractivity contribution in [3.8, 4) is 0 Å². The summed E-state index contributed by atoms with van der Waals surface area (Å²) < 4.78 is 0. The number of hydrogen-bond donors (Lipinski definition) is 2. The van der Waals surface area contributed by atoms with Crippen molar-refractivity contribution in [2.45, 2.75) is 24.3 Å². The number of nitrogens with one attached hydrogen (secondary N) is 2. The lowest BCUT2D eigenvalue weighted by atomic mass is 10.0. The van der Waals surface area contributed by atoms with Crippen LogP contribution in [0.25, 0.3) is 0 Å². The molecule has 0 aromatic heterocycles. The van der Waals surface area contributed by atoms with Gasteiger partial charge >= 0.3 is 6.03 Å². The summed E-state index contributed by atoms with van der Waals surface area (Å²) in [5.41, 5.74) is 3.17. The van der Waals surface area contributed by atoms with Crippen LogP contribution in [-0.4, -0.2) is 11.8 Å². The minimum Gasteiger partial charge on any atom is -0.331 e. The fourth-order valence-electron chi connectivity index (χ4n) is 2.54. The Kier molecular flexibility index (Phi) is 4.15. The van der Waals surface area contributed by atoms with Crippen molar-refractivity contribution in [1.82, 2.24) is 5.32 Å². The Morgan fingerprint density at radius 3 is 2.90 bits per heavy atom. The van der Waals surface area contributed by atoms with Gasteiger partial charge in [-0.2, -0.15) is 0 Å². The Morgan fingerprint density at radius 2 is 2.05 bits per heavy atom. The fraction of sp³-hybridized carbons (Fsp3) is 0.235. The third-order valence-corrected chi connectivity index (χ3v) is 4.66. The third kappa shape index (κ3) is 3.39. The third-order valence-electron chi connectivity index (χ3n) is 3.54. The van der Waals surface area contributed by atoms with Crippen LogP contribution in [0.2, 0.25) is 0 Å². The van der Waals surface area contributed by atoms with E-state index < -0.39 is 0 Å². The van der Waals surface area contributed by atoms with E-state index >= 15 is 0 Å². The number of amides is 2. The summed E-state index contributed by atoms with van der Waals surface area (Å²) in [6.45, 7) is 2.01. The highest BCUT2D eigenvalue weighted by molar-refractivity contribution is 7.99. The molecular weight excluding hydrogens is 280 g/mol. The van der Waals surface area contributed by atoms with Gasteiger partial charge in [-0.3, -0.25) is 0 Å². The predicted octanol–water partition coefficient (Wildman–Crippen LogP) is 4.35. The molecule has 0 fully saturated rings. The highest BCUT2D eigenvalue weighted by Crippen LogP contribution is 2.35. The van der Waals surface area contributed by atoms with E-state index in [0.717, 1.165) is 23.4 Å². The van der Waals surface area contributed by atoms with Crippen molar-refractivity contribution < 1.29 is 4.79 Å². The lowest BCUT2D eigenvalue weighted by molar-refractivity contribution is 0.248. The molecule has 2 N–H and O–H groups in total. The second-order valence-electron chi connectivity index (χ2n) is 5.20. The normalized spacial score (nSPS) is 16.9. The van der Waals surface area contributed by atoms with E-state index in [9.17, 15) is 4.79 Å². The van der Waals surface area contributed by atoms with Crippen LogP contribution >= 0.6 is 11.8 Å². The molecule has 0 radical (unpaired) electrons. The molecule has 3 rings (SSSR count). The van der Waals surface area contributed by atoms with E-state index in [1.807, 2.05) is 55.1 Å². The van der Waals surface area contributed by atoms with E-state index in [4.69, 9.17) is 0 Å². The monoisotopic (exact) mass is 298 g/mol. The minimum absolute atomic E-state index is 0.0901. The van der Waals surface area contributed by atoms with Gasteiger partial charge in [-0.15, -0.1) is 11.8 Å². The number of carbonyl (C=O) groups excluding carboxylic acids is 1. The number of benzene rings is 2. The van der Waals surface area contributed by atoms with Gasteiger partial charge in [-0.1, -0.05) is 30.3 Å². The SMILES string of the molecule is Cc1cccc(NC(=O)N[C@H]2CCSc3ccccc32)c1. The van der Waals surface area contributed by atoms with Gasteiger partial charge < -0.3 is 10.6 Å². The first kappa shape index (κ1) is 14.0. The summed E-state index contributed by atoms with van der Waals surface area (Å²) in [5, 5.41) is 5.98. The molecule has 2 aromatic rings. The molecule has 0 bridgehead atoms. The zero-order chi connectivity index (χ0) is 14.7. The largest absolute Gasteiger partial charge is 0.331 e. The molecule has 1 heterocycles. The maximum atomic E-state index is 12.2. The molecule has 4 heteroatoms. The zero-order valence-corrected chi connectivity index (χ0v) is 12.7. The average molecular weight is 298 g/mol. The topological polar surface area (TPSA) is 41.1 Å². The molecule has 2 aromatic carbocycles. The van der Waals surface area contributed by atoms with E-state index in [1.54, 1.807) is 0 Å². The second kappa shape index (κ2) is 6.22. The Labute approximate surface area is 129 Å². The van der Waals surface area contributed by atoms with E-state index in [2.05, 4.69) is 22.8 Å². The number of aryl methyl sites for hydroxylation is 1. The molecule has 0 aliphatic carbocycles. The average Bonchev–Trinajstić information content (AvgIpc) is 2.47. The van der Waals surface area contributed by atoms with Gasteiger partial charge in [0.2, 0.25) is 0 Å². The standard InChI is InChI=1S/C17H18N2OS/c1-12-5-4-6-13(11-12)18-17(20)19-15-9-10-21-16-8-3-2-7-14(15)16/h2-8,11,15H,9-10H2,1H3,(H2,18,19,20)/t15-/m0/s1. The van der Waals surface area contributed by atoms with Gasteiger partial charge in [0.15, 0.2) is 0 Å². The number of fused-ring (bicyclic) bond motifs is 1. The van der Waals surface area contributed by atoms with Crippen LogP contribution in [0.15, 0.2) is 53.4 Å². The quantitative estimate of drug-likeness (QED) is 0.865. The number of anilines is 1. The second-order valence-corrected chi connectivity index (χ2v) is 6.33. The fourth-order valence-corrected chi connectivity index (χ4v) is 3.67. The first-order valence-electron chi connectivity index (χ1n) is 7.08. The number of rotatable bonds is 2. The van der Waals surface area contributed by atoms with Crippen LogP contribution in [0.4, 0.5) is 10.5 Å². The molecule has 108 valence electrons. The van der Waals surface area contributed by atoms with Crippen LogP contribution in [0, 0.1) is 6.92 Å². The van der Waals surface area contributed by atoms with Crippen LogP contribution < -0.4 is 10.6 Å². The maximum absolute atomic E-state index is 12.2. The smallest absolute Gasteiger partial charge is 0.319 e. The van der Waals surface area contributed by atoms with Crippen molar-refractivity contribution in [2.24, 2.45) is 0 Å². The predicted molar refractivity (Wildman–Crippen MR) is 87.9 cm³/mol. The van der Waals surface area contributed by atoms with Crippen LogP contribution in [-0.2, 0) is 0 Å². The minimum atomic E-state index is -0.146. The number of urea groups is 1. The lowest BCUT2D eigenvalue weighted by Gasteiger charge is -2.26. The lowest BCUT2D eigenvalue weighted by Crippen LogP contribution is -2.34. The van der Waals surface area contributed by atoms with Crippen LogP contribution in [0.1, 0.15) is 23.6 Å². The molecule has 0 unspecified atom stereocenters. The molecule has 0 saturated carbocycles. The Morgan fingerprint density at radius 1 is 1.19 bits per heavy atom. The van der Waals surface area contributed by atoms with E-state index in [1.165, 1.54) is 10.5 Å². The summed E-state index contributed by atoms with van der Waals surface area (Å²) in [4.78, 5) is 13.4. The summed E-state index contributed by atoms with van der Waals surface area (Å²) in [6.07, 6.45) is 0.961. The van der Waals surface area contributed by atoms with Gasteiger partial charge in [0.05, 0.1) is 6.04 Å². The van der Waals surface area contributed by atoms with Gasteiger partial charge in [0.1, 0.15) is 0 Å². The number of thioether (sulfide) groups is 1. The first-order chi connectivity index (χ1) is 10.2. The highest BCUT2D eigenvalue weighted by atomic mass is 32.2. The molecule has 2 amide bonds. The Hall–Kier alpha value is -1.94. The zero-order valence-electron chi connectivity index (χ0n) is 11.9. The van der Waals surface area contributed by atoms with Crippen LogP contribution in [0.5, 0.6) is 0 Å². The van der Waals surface area contributed by atoms with Crippen molar-refractivity contribution in [1.29, 1.82) is 0 Å². The molecule has 21 heavy (non-hydrogen) atoms. The van der Waals surface area contributed by atoms with Gasteiger partial charge in [-0.25, -0.2) is 4.79 Å². The molecule has 0 spiro atoms. The van der Waals surface area contributed by atoms with Crippen molar-refractivity contribution in [3.05, 3.63) is 59.7 Å². The van der Waals surface area contributed by atoms with Crippen LogP contribution in [0.3, 0.4) is 0 Å². The van der Waals surface area contributed by atoms with E-state index in [-0.39, 0.29) is 12.1 Å². The number of hydrogen-bond acceptors (Lipinski definition) is 2. The summed E-state index contributed by atoms with van der Waals surface area (Å²) in [7, 11) is 0. The molecule has 1 atom stereocenters. The molecule has 1 aliphatic heterocycles. The summed E-state index contributed by atoms with van der Waals surface area (Å²) in [5.74, 6) is 1.03. The Balaban J connectivity index is 1.68. The van der Waals surface area contributed by atoms with Gasteiger partial charge in [-0.05, 0) is 42.7 Å². The van der Waals surface area contributed by atoms with Crippen molar-refractivity contribution in [3.63, 3.8) is 0 Å². The molecule has 3 nitrogen and oxygen atoms in total. The molecule has 0 saturated heterocycles. The summed E-state index contributed by atoms with van der Waals surface area (Å²) in [6, 6.07) is 16.0. The van der Waals surface area contributed by atoms with E-state index in [0.29, 0.717) is 0 Å². The first-order valence-corrected chi connectivity index (χ1v) is 8.07. The van der Waals surface area contributed by atoms with Crippen molar-refractivity contribution in [2.75, 3.05) is 11.1 Å². The highest BCUT2D eigenvalue weighted by Gasteiger charge is 2.21. The Bertz CT molecular complexity index is 657. The maximum Gasteiger partial charge on any atom is 0.319 e.